The maximum atomic E-state index is 12.3. The molecule has 0 aromatic carbocycles. The summed E-state index contributed by atoms with van der Waals surface area (Å²) in [4.78, 5) is 13.1. The molecule has 2 rings (SSSR count). The van der Waals surface area contributed by atoms with Crippen molar-refractivity contribution in [3.05, 3.63) is 39.3 Å². The molecular formula is C12H14N2OS. The van der Waals surface area contributed by atoms with Crippen LogP contribution >= 0.6 is 11.3 Å². The molecule has 2 aromatic heterocycles. The first-order valence-corrected chi connectivity index (χ1v) is 6.12. The summed E-state index contributed by atoms with van der Waals surface area (Å²) >= 11 is 1.49. The molecule has 2 aromatic rings. The molecule has 84 valence electrons. The molecule has 0 aliphatic carbocycles. The first-order chi connectivity index (χ1) is 7.63. The highest BCUT2D eigenvalue weighted by atomic mass is 32.1. The van der Waals surface area contributed by atoms with Gasteiger partial charge in [0.25, 0.3) is 0 Å². The van der Waals surface area contributed by atoms with Gasteiger partial charge in [0.1, 0.15) is 0 Å². The Morgan fingerprint density at radius 3 is 2.88 bits per heavy atom. The summed E-state index contributed by atoms with van der Waals surface area (Å²) in [6.45, 7) is 3.98. The van der Waals surface area contributed by atoms with Gasteiger partial charge in [0, 0.05) is 13.2 Å². The van der Waals surface area contributed by atoms with Crippen molar-refractivity contribution >= 4 is 17.1 Å². The van der Waals surface area contributed by atoms with Crippen molar-refractivity contribution in [1.82, 2.24) is 9.78 Å². The maximum Gasteiger partial charge on any atom is 0.206 e. The molecule has 0 aliphatic heterocycles. The van der Waals surface area contributed by atoms with E-state index in [1.807, 2.05) is 32.3 Å². The molecule has 0 saturated heterocycles. The van der Waals surface area contributed by atoms with E-state index in [1.165, 1.54) is 11.3 Å². The lowest BCUT2D eigenvalue weighted by Crippen LogP contribution is -2.02. The highest BCUT2D eigenvalue weighted by Gasteiger charge is 2.18. The molecule has 4 heteroatoms. The first kappa shape index (κ1) is 11.1. The van der Waals surface area contributed by atoms with Gasteiger partial charge in [0.2, 0.25) is 5.78 Å². The summed E-state index contributed by atoms with van der Waals surface area (Å²) in [6.07, 6.45) is 2.59. The van der Waals surface area contributed by atoms with Crippen LogP contribution in [0.3, 0.4) is 0 Å². The Kier molecular flexibility index (Phi) is 2.92. The number of hydrogen-bond acceptors (Lipinski definition) is 3. The van der Waals surface area contributed by atoms with Gasteiger partial charge in [-0.25, -0.2) is 0 Å². The van der Waals surface area contributed by atoms with Gasteiger partial charge in [-0.2, -0.15) is 5.10 Å². The van der Waals surface area contributed by atoms with E-state index in [1.54, 1.807) is 10.9 Å². The minimum absolute atomic E-state index is 0.0949. The molecule has 0 atom stereocenters. The fraction of sp³-hybridized carbons (Fsp3) is 0.333. The third-order valence-electron chi connectivity index (χ3n) is 2.55. The Bertz CT molecular complexity index is 525. The molecular weight excluding hydrogens is 220 g/mol. The number of hydrogen-bond donors (Lipinski definition) is 0. The third-order valence-corrected chi connectivity index (χ3v) is 3.57. The van der Waals surface area contributed by atoms with E-state index < -0.39 is 0 Å². The van der Waals surface area contributed by atoms with Crippen LogP contribution in [0.25, 0.3) is 0 Å². The quantitative estimate of drug-likeness (QED) is 0.765. The predicted molar refractivity (Wildman–Crippen MR) is 65.1 cm³/mol. The molecule has 2 heterocycles. The summed E-state index contributed by atoms with van der Waals surface area (Å²) in [5, 5.41) is 6.24. The highest BCUT2D eigenvalue weighted by molar-refractivity contribution is 7.12. The Labute approximate surface area is 98.7 Å². The van der Waals surface area contributed by atoms with Crippen LogP contribution < -0.4 is 0 Å². The van der Waals surface area contributed by atoms with Gasteiger partial charge in [-0.3, -0.25) is 9.48 Å². The lowest BCUT2D eigenvalue weighted by atomic mass is 10.1. The molecule has 0 N–H and O–H groups in total. The second-order valence-corrected chi connectivity index (χ2v) is 4.69. The van der Waals surface area contributed by atoms with Crippen molar-refractivity contribution in [2.75, 3.05) is 0 Å². The Morgan fingerprint density at radius 1 is 1.56 bits per heavy atom. The van der Waals surface area contributed by atoms with Crippen LogP contribution in [0.5, 0.6) is 0 Å². The van der Waals surface area contributed by atoms with Crippen LogP contribution in [0.1, 0.15) is 33.4 Å². The predicted octanol–water partition coefficient (Wildman–Crippen LogP) is 2.58. The largest absolute Gasteiger partial charge is 0.288 e. The molecule has 16 heavy (non-hydrogen) atoms. The number of ketones is 1. The normalized spacial score (nSPS) is 10.7. The van der Waals surface area contributed by atoms with Crippen LogP contribution in [0.15, 0.2) is 17.6 Å². The van der Waals surface area contributed by atoms with Crippen LogP contribution in [0.4, 0.5) is 0 Å². The van der Waals surface area contributed by atoms with Crippen LogP contribution in [-0.4, -0.2) is 15.6 Å². The van der Waals surface area contributed by atoms with Crippen LogP contribution in [0, 0.1) is 6.92 Å². The zero-order valence-corrected chi connectivity index (χ0v) is 10.5. The third kappa shape index (κ3) is 1.80. The number of nitrogens with zero attached hydrogens (tertiary/aromatic N) is 2. The van der Waals surface area contributed by atoms with Gasteiger partial charge in [-0.15, -0.1) is 11.3 Å². The maximum absolute atomic E-state index is 12.3. The van der Waals surface area contributed by atoms with E-state index in [2.05, 4.69) is 5.10 Å². The summed E-state index contributed by atoms with van der Waals surface area (Å²) < 4.78 is 1.70. The molecule has 0 radical (unpaired) electrons. The van der Waals surface area contributed by atoms with Gasteiger partial charge in [0.05, 0.1) is 16.1 Å². The second kappa shape index (κ2) is 4.22. The SMILES string of the molecule is CCc1nn(C)cc1C(=O)c1sccc1C. The lowest BCUT2D eigenvalue weighted by Gasteiger charge is -1.98. The molecule has 0 saturated carbocycles. The van der Waals surface area contributed by atoms with Gasteiger partial charge in [-0.1, -0.05) is 6.92 Å². The van der Waals surface area contributed by atoms with Gasteiger partial charge in [-0.05, 0) is 30.4 Å². The van der Waals surface area contributed by atoms with Gasteiger partial charge >= 0.3 is 0 Å². The summed E-state index contributed by atoms with van der Waals surface area (Å²) in [5.74, 6) is 0.0949. The molecule has 0 aliphatic rings. The first-order valence-electron chi connectivity index (χ1n) is 5.24. The van der Waals surface area contributed by atoms with Gasteiger partial charge < -0.3 is 0 Å². The Balaban J connectivity index is 2.45. The number of aryl methyl sites for hydroxylation is 3. The van der Waals surface area contributed by atoms with E-state index in [0.717, 1.165) is 28.1 Å². The number of aromatic nitrogens is 2. The smallest absolute Gasteiger partial charge is 0.206 e. The van der Waals surface area contributed by atoms with Crippen molar-refractivity contribution in [3.8, 4) is 0 Å². The summed E-state index contributed by atoms with van der Waals surface area (Å²) in [7, 11) is 1.84. The molecule has 0 amide bonds. The van der Waals surface area contributed by atoms with E-state index in [4.69, 9.17) is 0 Å². The fourth-order valence-electron chi connectivity index (χ4n) is 1.71. The Morgan fingerprint density at radius 2 is 2.31 bits per heavy atom. The topological polar surface area (TPSA) is 34.9 Å². The zero-order chi connectivity index (χ0) is 11.7. The zero-order valence-electron chi connectivity index (χ0n) is 9.65. The Hall–Kier alpha value is -1.42. The van der Waals surface area contributed by atoms with E-state index in [-0.39, 0.29) is 5.78 Å². The van der Waals surface area contributed by atoms with Crippen molar-refractivity contribution in [2.45, 2.75) is 20.3 Å². The highest BCUT2D eigenvalue weighted by Crippen LogP contribution is 2.21. The van der Waals surface area contributed by atoms with Crippen molar-refractivity contribution < 1.29 is 4.79 Å². The van der Waals surface area contributed by atoms with E-state index in [0.29, 0.717) is 0 Å². The van der Waals surface area contributed by atoms with Gasteiger partial charge in [0.15, 0.2) is 0 Å². The standard InChI is InChI=1S/C12H14N2OS/c1-4-10-9(7-14(3)13-10)11(15)12-8(2)5-6-16-12/h5-7H,4H2,1-3H3. The monoisotopic (exact) mass is 234 g/mol. The number of carbonyl (C=O) groups is 1. The molecule has 0 spiro atoms. The van der Waals surface area contributed by atoms with Crippen LogP contribution in [0.2, 0.25) is 0 Å². The molecule has 0 bridgehead atoms. The van der Waals surface area contributed by atoms with Crippen molar-refractivity contribution in [3.63, 3.8) is 0 Å². The number of rotatable bonds is 3. The lowest BCUT2D eigenvalue weighted by molar-refractivity contribution is 0.104. The fourth-order valence-corrected chi connectivity index (χ4v) is 2.59. The minimum Gasteiger partial charge on any atom is -0.288 e. The average Bonchev–Trinajstić information content (AvgIpc) is 2.83. The second-order valence-electron chi connectivity index (χ2n) is 3.78. The average molecular weight is 234 g/mol. The number of carbonyl (C=O) groups excluding carboxylic acids is 1. The summed E-state index contributed by atoms with van der Waals surface area (Å²) in [5.41, 5.74) is 2.65. The summed E-state index contributed by atoms with van der Waals surface area (Å²) in [6, 6.07) is 1.97. The molecule has 0 unspecified atom stereocenters. The minimum atomic E-state index is 0.0949. The van der Waals surface area contributed by atoms with E-state index >= 15 is 0 Å². The van der Waals surface area contributed by atoms with E-state index in [9.17, 15) is 4.79 Å². The molecule has 3 nitrogen and oxygen atoms in total. The molecule has 0 fully saturated rings. The van der Waals surface area contributed by atoms with Crippen molar-refractivity contribution in [2.24, 2.45) is 7.05 Å². The van der Waals surface area contributed by atoms with Crippen molar-refractivity contribution in [1.29, 1.82) is 0 Å². The number of thiophene rings is 1. The van der Waals surface area contributed by atoms with Crippen LogP contribution in [-0.2, 0) is 13.5 Å².